The molecule has 4 atom stereocenters. The first-order valence-electron chi connectivity index (χ1n) is 11.4. The molecule has 1 aliphatic rings. The summed E-state index contributed by atoms with van der Waals surface area (Å²) in [5.41, 5.74) is 2.38. The number of halogens is 1. The maximum absolute atomic E-state index is 14.2. The molecule has 0 saturated heterocycles. The highest BCUT2D eigenvalue weighted by Gasteiger charge is 2.27. The van der Waals surface area contributed by atoms with Crippen LogP contribution in [0.3, 0.4) is 0 Å². The molecule has 0 aliphatic heterocycles. The molecule has 0 spiro atoms. The lowest BCUT2D eigenvalue weighted by molar-refractivity contribution is -0.145. The van der Waals surface area contributed by atoms with Gasteiger partial charge in [0.05, 0.1) is 0 Å². The van der Waals surface area contributed by atoms with Crippen molar-refractivity contribution in [2.75, 3.05) is 0 Å². The van der Waals surface area contributed by atoms with Crippen LogP contribution in [0.15, 0.2) is 60.7 Å². The SMILES string of the molecule is CCC(Oc1ccc([C@@H]2CC[C@H](N[C@H](C)c3ccc(F)c4ccccc34)C2)cc1)C(=O)O. The number of benzene rings is 3. The maximum Gasteiger partial charge on any atom is 0.344 e. The van der Waals surface area contributed by atoms with Crippen molar-refractivity contribution in [1.29, 1.82) is 0 Å². The predicted molar refractivity (Wildman–Crippen MR) is 125 cm³/mol. The highest BCUT2D eigenvalue weighted by atomic mass is 19.1. The van der Waals surface area contributed by atoms with Gasteiger partial charge in [-0.1, -0.05) is 49.4 Å². The molecular formula is C27H30FNO3. The number of hydrogen-bond acceptors (Lipinski definition) is 3. The Morgan fingerprint density at radius 1 is 1.09 bits per heavy atom. The van der Waals surface area contributed by atoms with Gasteiger partial charge in [-0.2, -0.15) is 0 Å². The summed E-state index contributed by atoms with van der Waals surface area (Å²) in [6.07, 6.45) is 2.83. The second kappa shape index (κ2) is 9.70. The number of nitrogens with one attached hydrogen (secondary N) is 1. The van der Waals surface area contributed by atoms with Crippen LogP contribution in [-0.2, 0) is 4.79 Å². The predicted octanol–water partition coefficient (Wildman–Crippen LogP) is 6.21. The lowest BCUT2D eigenvalue weighted by Crippen LogP contribution is -2.29. The summed E-state index contributed by atoms with van der Waals surface area (Å²) in [5.74, 6) is -0.0736. The first-order chi connectivity index (χ1) is 15.5. The van der Waals surface area contributed by atoms with Gasteiger partial charge in [0.2, 0.25) is 0 Å². The Hall–Kier alpha value is -2.92. The van der Waals surface area contributed by atoms with Gasteiger partial charge >= 0.3 is 5.97 Å². The molecule has 2 N–H and O–H groups in total. The molecule has 3 aromatic rings. The van der Waals surface area contributed by atoms with Crippen molar-refractivity contribution in [2.24, 2.45) is 0 Å². The minimum absolute atomic E-state index is 0.127. The normalized spacial score (nSPS) is 20.2. The van der Waals surface area contributed by atoms with Gasteiger partial charge in [0.15, 0.2) is 6.10 Å². The third-order valence-corrected chi connectivity index (χ3v) is 6.57. The third-order valence-electron chi connectivity index (χ3n) is 6.57. The van der Waals surface area contributed by atoms with E-state index >= 15 is 0 Å². The van der Waals surface area contributed by atoms with Crippen LogP contribution in [-0.4, -0.2) is 23.2 Å². The van der Waals surface area contributed by atoms with Crippen molar-refractivity contribution in [3.63, 3.8) is 0 Å². The van der Waals surface area contributed by atoms with Gasteiger partial charge in [0.1, 0.15) is 11.6 Å². The van der Waals surface area contributed by atoms with Gasteiger partial charge in [-0.05, 0) is 73.2 Å². The van der Waals surface area contributed by atoms with E-state index in [1.54, 1.807) is 13.0 Å². The van der Waals surface area contributed by atoms with Crippen LogP contribution in [0.4, 0.5) is 4.39 Å². The number of rotatable bonds is 8. The van der Waals surface area contributed by atoms with E-state index in [1.807, 2.05) is 54.6 Å². The Balaban J connectivity index is 1.39. The fourth-order valence-corrected chi connectivity index (χ4v) is 4.83. The lowest BCUT2D eigenvalue weighted by atomic mass is 9.96. The fourth-order valence-electron chi connectivity index (χ4n) is 4.83. The molecular weight excluding hydrogens is 405 g/mol. The topological polar surface area (TPSA) is 58.6 Å². The third kappa shape index (κ3) is 4.78. The molecule has 4 nitrogen and oxygen atoms in total. The zero-order valence-corrected chi connectivity index (χ0v) is 18.6. The number of aliphatic carboxylic acids is 1. The molecule has 0 amide bonds. The highest BCUT2D eigenvalue weighted by Crippen LogP contribution is 2.37. The molecule has 0 radical (unpaired) electrons. The van der Waals surface area contributed by atoms with Crippen LogP contribution in [0.2, 0.25) is 0 Å². The number of fused-ring (bicyclic) bond motifs is 1. The molecule has 0 bridgehead atoms. The zero-order valence-electron chi connectivity index (χ0n) is 18.6. The quantitative estimate of drug-likeness (QED) is 0.442. The van der Waals surface area contributed by atoms with E-state index in [2.05, 4.69) is 12.2 Å². The summed E-state index contributed by atoms with van der Waals surface area (Å²) in [6, 6.07) is 19.5. The van der Waals surface area contributed by atoms with Crippen LogP contribution in [0.5, 0.6) is 5.75 Å². The Kier molecular flexibility index (Phi) is 6.75. The summed E-state index contributed by atoms with van der Waals surface area (Å²) in [7, 11) is 0. The van der Waals surface area contributed by atoms with Gasteiger partial charge in [-0.15, -0.1) is 0 Å². The van der Waals surface area contributed by atoms with Gasteiger partial charge in [0.25, 0.3) is 0 Å². The molecule has 0 aromatic heterocycles. The summed E-state index contributed by atoms with van der Waals surface area (Å²) in [5, 5.41) is 14.5. The zero-order chi connectivity index (χ0) is 22.7. The molecule has 1 fully saturated rings. The van der Waals surface area contributed by atoms with Crippen molar-refractivity contribution in [2.45, 2.75) is 63.6 Å². The number of carboxylic acid groups (broad SMARTS) is 1. The van der Waals surface area contributed by atoms with Crippen LogP contribution in [0, 0.1) is 5.82 Å². The molecule has 5 heteroatoms. The van der Waals surface area contributed by atoms with Crippen molar-refractivity contribution < 1.29 is 19.0 Å². The second-order valence-electron chi connectivity index (χ2n) is 8.70. The molecule has 1 saturated carbocycles. The molecule has 0 heterocycles. The lowest BCUT2D eigenvalue weighted by Gasteiger charge is -2.22. The number of carbonyl (C=O) groups is 1. The molecule has 32 heavy (non-hydrogen) atoms. The fraction of sp³-hybridized carbons (Fsp3) is 0.370. The van der Waals surface area contributed by atoms with Crippen LogP contribution in [0.1, 0.15) is 62.6 Å². The number of hydrogen-bond donors (Lipinski definition) is 2. The summed E-state index contributed by atoms with van der Waals surface area (Å²) >= 11 is 0. The van der Waals surface area contributed by atoms with E-state index in [0.717, 1.165) is 30.2 Å². The monoisotopic (exact) mass is 435 g/mol. The van der Waals surface area contributed by atoms with Crippen molar-refractivity contribution in [3.05, 3.63) is 77.6 Å². The average molecular weight is 436 g/mol. The maximum atomic E-state index is 14.2. The average Bonchev–Trinajstić information content (AvgIpc) is 3.26. The summed E-state index contributed by atoms with van der Waals surface area (Å²) in [4.78, 5) is 11.2. The minimum Gasteiger partial charge on any atom is -0.479 e. The van der Waals surface area contributed by atoms with Crippen LogP contribution in [0.25, 0.3) is 10.8 Å². The van der Waals surface area contributed by atoms with E-state index in [0.29, 0.717) is 29.5 Å². The first-order valence-corrected chi connectivity index (χ1v) is 11.4. The summed E-state index contributed by atoms with van der Waals surface area (Å²) in [6.45, 7) is 3.94. The van der Waals surface area contributed by atoms with E-state index < -0.39 is 12.1 Å². The minimum atomic E-state index is -0.940. The first kappa shape index (κ1) is 22.3. The molecule has 1 aliphatic carbocycles. The molecule has 4 rings (SSSR count). The number of ether oxygens (including phenoxy) is 1. The second-order valence-corrected chi connectivity index (χ2v) is 8.70. The molecule has 3 aromatic carbocycles. The van der Waals surface area contributed by atoms with Gasteiger partial charge in [-0.25, -0.2) is 9.18 Å². The Labute approximate surface area is 188 Å². The standard InChI is InChI=1S/C27H30FNO3/c1-3-26(27(30)31)32-21-12-9-18(10-13-21)19-8-11-20(16-19)29-17(2)22-14-15-25(28)24-7-5-4-6-23(22)24/h4-7,9-10,12-15,17,19-20,26,29H,3,8,11,16H2,1-2H3,(H,30,31)/t17-,19-,20+,26?/m1/s1. The Morgan fingerprint density at radius 2 is 1.81 bits per heavy atom. The van der Waals surface area contributed by atoms with E-state index in [9.17, 15) is 9.18 Å². The number of carboxylic acids is 1. The van der Waals surface area contributed by atoms with Crippen molar-refractivity contribution in [1.82, 2.24) is 5.32 Å². The van der Waals surface area contributed by atoms with Gasteiger partial charge < -0.3 is 15.2 Å². The Morgan fingerprint density at radius 3 is 2.50 bits per heavy atom. The van der Waals surface area contributed by atoms with Crippen molar-refractivity contribution >= 4 is 16.7 Å². The Bertz CT molecular complexity index is 1080. The smallest absolute Gasteiger partial charge is 0.344 e. The molecule has 168 valence electrons. The van der Waals surface area contributed by atoms with Gasteiger partial charge in [0, 0.05) is 17.5 Å². The van der Waals surface area contributed by atoms with E-state index in [-0.39, 0.29) is 11.9 Å². The summed E-state index contributed by atoms with van der Waals surface area (Å²) < 4.78 is 19.7. The van der Waals surface area contributed by atoms with E-state index in [4.69, 9.17) is 9.84 Å². The molecule has 1 unspecified atom stereocenters. The van der Waals surface area contributed by atoms with Crippen LogP contribution < -0.4 is 10.1 Å². The van der Waals surface area contributed by atoms with Crippen LogP contribution >= 0.6 is 0 Å². The van der Waals surface area contributed by atoms with Crippen molar-refractivity contribution in [3.8, 4) is 5.75 Å². The largest absolute Gasteiger partial charge is 0.479 e. The highest BCUT2D eigenvalue weighted by molar-refractivity contribution is 5.86. The van der Waals surface area contributed by atoms with E-state index in [1.165, 1.54) is 5.56 Å². The van der Waals surface area contributed by atoms with Gasteiger partial charge in [-0.3, -0.25) is 0 Å².